The van der Waals surface area contributed by atoms with Gasteiger partial charge in [0, 0.05) is 17.1 Å². The summed E-state index contributed by atoms with van der Waals surface area (Å²) in [5.74, 6) is 0. The summed E-state index contributed by atoms with van der Waals surface area (Å²) in [4.78, 5) is 0. The van der Waals surface area contributed by atoms with Crippen molar-refractivity contribution in [1.29, 1.82) is 0 Å². The summed E-state index contributed by atoms with van der Waals surface area (Å²) in [5.41, 5.74) is 12.2. The van der Waals surface area contributed by atoms with E-state index in [0.29, 0.717) is 6.54 Å². The zero-order valence-corrected chi connectivity index (χ0v) is 8.94. The molecule has 0 radical (unpaired) electrons. The first-order chi connectivity index (χ1) is 5.24. The van der Waals surface area contributed by atoms with Gasteiger partial charge in [-0.15, -0.1) is 12.4 Å². The highest BCUT2D eigenvalue weighted by atomic mass is 79.9. The van der Waals surface area contributed by atoms with Gasteiger partial charge in [-0.25, -0.2) is 0 Å². The zero-order valence-electron chi connectivity index (χ0n) is 6.53. The van der Waals surface area contributed by atoms with E-state index in [1.165, 1.54) is 0 Å². The molecule has 0 saturated carbocycles. The minimum Gasteiger partial charge on any atom is -0.329 e. The monoisotopic (exact) mass is 250 g/mol. The van der Waals surface area contributed by atoms with Gasteiger partial charge in [0.15, 0.2) is 0 Å². The average molecular weight is 252 g/mol. The van der Waals surface area contributed by atoms with E-state index in [-0.39, 0.29) is 18.4 Å². The van der Waals surface area contributed by atoms with Crippen molar-refractivity contribution in [2.24, 2.45) is 11.5 Å². The molecule has 2 nitrogen and oxygen atoms in total. The fourth-order valence-electron chi connectivity index (χ4n) is 0.873. The first-order valence-electron chi connectivity index (χ1n) is 3.45. The lowest BCUT2D eigenvalue weighted by Crippen LogP contribution is -2.20. The zero-order chi connectivity index (χ0) is 8.27. The van der Waals surface area contributed by atoms with Gasteiger partial charge in [-0.1, -0.05) is 28.1 Å². The van der Waals surface area contributed by atoms with Crippen LogP contribution in [-0.2, 0) is 0 Å². The van der Waals surface area contributed by atoms with Crippen molar-refractivity contribution < 1.29 is 0 Å². The molecule has 68 valence electrons. The quantitative estimate of drug-likeness (QED) is 0.842. The van der Waals surface area contributed by atoms with Crippen LogP contribution in [0.4, 0.5) is 0 Å². The second kappa shape index (κ2) is 5.54. The molecule has 0 amide bonds. The highest BCUT2D eigenvalue weighted by Gasteiger charge is 2.01. The second-order valence-corrected chi connectivity index (χ2v) is 3.31. The van der Waals surface area contributed by atoms with Gasteiger partial charge >= 0.3 is 0 Å². The van der Waals surface area contributed by atoms with Crippen LogP contribution in [0.5, 0.6) is 0 Å². The van der Waals surface area contributed by atoms with Crippen molar-refractivity contribution >= 4 is 28.3 Å². The molecule has 0 aliphatic rings. The summed E-state index contributed by atoms with van der Waals surface area (Å²) in [7, 11) is 0. The van der Waals surface area contributed by atoms with Crippen LogP contribution in [0.2, 0.25) is 0 Å². The third-order valence-electron chi connectivity index (χ3n) is 1.53. The molecule has 0 fully saturated rings. The Morgan fingerprint density at radius 2 is 2.08 bits per heavy atom. The number of hydrogen-bond donors (Lipinski definition) is 2. The molecule has 0 unspecified atom stereocenters. The highest BCUT2D eigenvalue weighted by Crippen LogP contribution is 2.15. The smallest absolute Gasteiger partial charge is 0.0419 e. The second-order valence-electron chi connectivity index (χ2n) is 2.40. The predicted molar refractivity (Wildman–Crippen MR) is 57.4 cm³/mol. The van der Waals surface area contributed by atoms with E-state index < -0.39 is 0 Å². The Hall–Kier alpha value is -0.0900. The summed E-state index contributed by atoms with van der Waals surface area (Å²) >= 11 is 3.36. The molecule has 0 heterocycles. The minimum absolute atomic E-state index is 0. The third kappa shape index (κ3) is 3.11. The molecular weight excluding hydrogens is 239 g/mol. The number of rotatable bonds is 2. The first kappa shape index (κ1) is 11.9. The fourth-order valence-corrected chi connectivity index (χ4v) is 1.29. The maximum Gasteiger partial charge on any atom is 0.0419 e. The standard InChI is InChI=1S/C8H11BrN2.ClH/c9-7-3-1-2-6(4-7)8(11)5-10;/h1-4,8H,5,10-11H2;1H/t8-;/m0./s1. The molecule has 0 spiro atoms. The van der Waals surface area contributed by atoms with Crippen molar-refractivity contribution in [2.45, 2.75) is 6.04 Å². The van der Waals surface area contributed by atoms with Crippen LogP contribution in [0.1, 0.15) is 11.6 Å². The number of halogens is 2. The van der Waals surface area contributed by atoms with E-state index in [9.17, 15) is 0 Å². The fraction of sp³-hybridized carbons (Fsp3) is 0.250. The van der Waals surface area contributed by atoms with Crippen LogP contribution >= 0.6 is 28.3 Å². The van der Waals surface area contributed by atoms with E-state index in [1.54, 1.807) is 0 Å². The predicted octanol–water partition coefficient (Wildman–Crippen LogP) is 1.83. The maximum absolute atomic E-state index is 5.72. The summed E-state index contributed by atoms with van der Waals surface area (Å²) in [6, 6.07) is 7.83. The molecule has 0 aromatic heterocycles. The molecule has 0 bridgehead atoms. The van der Waals surface area contributed by atoms with E-state index in [0.717, 1.165) is 10.0 Å². The Labute approximate surface area is 86.9 Å². The molecule has 1 rings (SSSR count). The Morgan fingerprint density at radius 3 is 2.58 bits per heavy atom. The van der Waals surface area contributed by atoms with Gasteiger partial charge in [-0.3, -0.25) is 0 Å². The van der Waals surface area contributed by atoms with Crippen molar-refractivity contribution in [3.05, 3.63) is 34.3 Å². The molecule has 12 heavy (non-hydrogen) atoms. The number of nitrogens with two attached hydrogens (primary N) is 2. The first-order valence-corrected chi connectivity index (χ1v) is 4.24. The minimum atomic E-state index is -0.0486. The van der Waals surface area contributed by atoms with Crippen LogP contribution in [0.15, 0.2) is 28.7 Å². The Morgan fingerprint density at radius 1 is 1.42 bits per heavy atom. The van der Waals surface area contributed by atoms with Crippen LogP contribution in [-0.4, -0.2) is 6.54 Å². The largest absolute Gasteiger partial charge is 0.329 e. The van der Waals surface area contributed by atoms with Gasteiger partial charge in [0.25, 0.3) is 0 Å². The molecule has 0 aliphatic heterocycles. The summed E-state index contributed by atoms with van der Waals surface area (Å²) in [6.07, 6.45) is 0. The highest BCUT2D eigenvalue weighted by molar-refractivity contribution is 9.10. The molecule has 4 N–H and O–H groups in total. The summed E-state index contributed by atoms with van der Waals surface area (Å²) in [5, 5.41) is 0. The summed E-state index contributed by atoms with van der Waals surface area (Å²) < 4.78 is 1.04. The average Bonchev–Trinajstić information content (AvgIpc) is 2.03. The maximum atomic E-state index is 5.72. The lowest BCUT2D eigenvalue weighted by molar-refractivity contribution is 0.736. The van der Waals surface area contributed by atoms with Crippen molar-refractivity contribution in [3.63, 3.8) is 0 Å². The molecule has 1 aromatic carbocycles. The Bertz CT molecular complexity index is 242. The van der Waals surface area contributed by atoms with Gasteiger partial charge in [0.05, 0.1) is 0 Å². The molecule has 1 aromatic rings. The van der Waals surface area contributed by atoms with Crippen LogP contribution < -0.4 is 11.5 Å². The van der Waals surface area contributed by atoms with E-state index in [1.807, 2.05) is 24.3 Å². The van der Waals surface area contributed by atoms with Crippen LogP contribution in [0, 0.1) is 0 Å². The van der Waals surface area contributed by atoms with Gasteiger partial charge in [-0.05, 0) is 17.7 Å². The van der Waals surface area contributed by atoms with Crippen LogP contribution in [0.25, 0.3) is 0 Å². The van der Waals surface area contributed by atoms with Gasteiger partial charge < -0.3 is 11.5 Å². The number of hydrogen-bond acceptors (Lipinski definition) is 2. The molecule has 0 aliphatic carbocycles. The topological polar surface area (TPSA) is 52.0 Å². The normalized spacial score (nSPS) is 11.9. The van der Waals surface area contributed by atoms with E-state index in [2.05, 4.69) is 15.9 Å². The van der Waals surface area contributed by atoms with Crippen molar-refractivity contribution in [3.8, 4) is 0 Å². The summed E-state index contributed by atoms with van der Waals surface area (Å²) in [6.45, 7) is 0.483. The molecular formula is C8H12BrClN2. The molecule has 1 atom stereocenters. The van der Waals surface area contributed by atoms with Gasteiger partial charge in [0.2, 0.25) is 0 Å². The molecule has 0 saturated heterocycles. The number of benzene rings is 1. The van der Waals surface area contributed by atoms with Gasteiger partial charge in [-0.2, -0.15) is 0 Å². The van der Waals surface area contributed by atoms with Crippen molar-refractivity contribution in [1.82, 2.24) is 0 Å². The lowest BCUT2D eigenvalue weighted by atomic mass is 10.1. The Kier molecular flexibility index (Phi) is 5.50. The SMILES string of the molecule is Cl.NC[C@H](N)c1cccc(Br)c1. The Balaban J connectivity index is 0.00000121. The van der Waals surface area contributed by atoms with Crippen molar-refractivity contribution in [2.75, 3.05) is 6.54 Å². The third-order valence-corrected chi connectivity index (χ3v) is 2.02. The van der Waals surface area contributed by atoms with E-state index >= 15 is 0 Å². The van der Waals surface area contributed by atoms with Crippen LogP contribution in [0.3, 0.4) is 0 Å². The molecule has 4 heteroatoms. The van der Waals surface area contributed by atoms with E-state index in [4.69, 9.17) is 11.5 Å². The lowest BCUT2D eigenvalue weighted by Gasteiger charge is -2.08. The van der Waals surface area contributed by atoms with Gasteiger partial charge in [0.1, 0.15) is 0 Å².